The molecule has 0 fully saturated rings. The van der Waals surface area contributed by atoms with Crippen LogP contribution in [0.1, 0.15) is 24.1 Å². The largest absolute Gasteiger partial charge is 0.348 e. The van der Waals surface area contributed by atoms with Gasteiger partial charge >= 0.3 is 0 Å². The molecule has 0 aliphatic carbocycles. The number of rotatable bonds is 9. The van der Waals surface area contributed by atoms with Crippen LogP contribution in [-0.4, -0.2) is 31.4 Å². The van der Waals surface area contributed by atoms with Gasteiger partial charge in [0, 0.05) is 20.9 Å². The van der Waals surface area contributed by atoms with Crippen molar-refractivity contribution in [2.75, 3.05) is 12.8 Å². The smallest absolute Gasteiger partial charge is 0.243 e. The molecule has 1 amide bonds. The maximum atomic E-state index is 13.4. The summed E-state index contributed by atoms with van der Waals surface area (Å²) >= 11 is 11.0. The van der Waals surface area contributed by atoms with E-state index < -0.39 is 10.0 Å². The lowest BCUT2D eigenvalue weighted by molar-refractivity contribution is -0.122. The van der Waals surface area contributed by atoms with E-state index in [1.807, 2.05) is 61.7 Å². The monoisotopic (exact) mass is 566 g/mol. The highest BCUT2D eigenvalue weighted by atomic mass is 79.9. The second kappa shape index (κ2) is 11.5. The van der Waals surface area contributed by atoms with E-state index in [1.165, 1.54) is 28.6 Å². The highest BCUT2D eigenvalue weighted by Crippen LogP contribution is 2.22. The van der Waals surface area contributed by atoms with Crippen molar-refractivity contribution in [1.82, 2.24) is 9.62 Å². The topological polar surface area (TPSA) is 66.5 Å². The molecular weight excluding hydrogens is 544 g/mol. The molecule has 33 heavy (non-hydrogen) atoms. The number of thioether (sulfide) groups is 1. The van der Waals surface area contributed by atoms with Gasteiger partial charge in [-0.15, -0.1) is 11.8 Å². The number of hydrogen-bond acceptors (Lipinski definition) is 4. The minimum atomic E-state index is -3.93. The summed E-state index contributed by atoms with van der Waals surface area (Å²) in [5, 5.41) is 3.35. The first-order chi connectivity index (χ1) is 15.7. The lowest BCUT2D eigenvalue weighted by Crippen LogP contribution is -2.41. The van der Waals surface area contributed by atoms with Crippen LogP contribution < -0.4 is 5.32 Å². The molecule has 0 aromatic heterocycles. The maximum absolute atomic E-state index is 13.4. The zero-order valence-corrected chi connectivity index (χ0v) is 22.1. The van der Waals surface area contributed by atoms with Crippen LogP contribution >= 0.6 is 39.3 Å². The molecule has 1 N–H and O–H groups in total. The van der Waals surface area contributed by atoms with Crippen LogP contribution in [0.4, 0.5) is 0 Å². The van der Waals surface area contributed by atoms with E-state index in [1.54, 1.807) is 11.8 Å². The molecule has 3 aromatic rings. The highest BCUT2D eigenvalue weighted by molar-refractivity contribution is 9.10. The third kappa shape index (κ3) is 7.07. The fourth-order valence-corrected chi connectivity index (χ4v) is 5.38. The third-order valence-electron chi connectivity index (χ3n) is 5.04. The maximum Gasteiger partial charge on any atom is 0.243 e. The summed E-state index contributed by atoms with van der Waals surface area (Å²) in [5.74, 6) is -0.383. The van der Waals surface area contributed by atoms with E-state index in [0.29, 0.717) is 5.02 Å². The summed E-state index contributed by atoms with van der Waals surface area (Å²) in [4.78, 5) is 14.1. The van der Waals surface area contributed by atoms with Crippen molar-refractivity contribution in [3.8, 4) is 0 Å². The zero-order valence-electron chi connectivity index (χ0n) is 18.2. The van der Waals surface area contributed by atoms with Crippen LogP contribution in [0.5, 0.6) is 0 Å². The van der Waals surface area contributed by atoms with Gasteiger partial charge in [-0.1, -0.05) is 51.8 Å². The molecule has 0 aliphatic rings. The van der Waals surface area contributed by atoms with E-state index in [4.69, 9.17) is 11.6 Å². The number of carbonyl (C=O) groups is 1. The number of benzene rings is 3. The van der Waals surface area contributed by atoms with Crippen molar-refractivity contribution in [1.29, 1.82) is 0 Å². The van der Waals surface area contributed by atoms with Crippen molar-refractivity contribution in [2.45, 2.75) is 29.3 Å². The van der Waals surface area contributed by atoms with E-state index in [2.05, 4.69) is 21.2 Å². The second-order valence-corrected chi connectivity index (χ2v) is 11.6. The molecule has 5 nitrogen and oxygen atoms in total. The molecule has 0 spiro atoms. The molecule has 3 rings (SSSR count). The molecule has 0 saturated carbocycles. The van der Waals surface area contributed by atoms with Crippen molar-refractivity contribution < 1.29 is 13.2 Å². The Balaban J connectivity index is 1.81. The number of nitrogens with one attached hydrogen (secondary N) is 1. The number of nitrogens with zero attached hydrogens (tertiary/aromatic N) is 1. The van der Waals surface area contributed by atoms with Gasteiger partial charge in [-0.2, -0.15) is 4.31 Å². The van der Waals surface area contributed by atoms with Crippen LogP contribution in [0.3, 0.4) is 0 Å². The van der Waals surface area contributed by atoms with Crippen molar-refractivity contribution >= 4 is 55.2 Å². The third-order valence-corrected chi connectivity index (χ3v) is 8.37. The van der Waals surface area contributed by atoms with Gasteiger partial charge in [0.15, 0.2) is 0 Å². The number of sulfonamides is 1. The number of carbonyl (C=O) groups excluding carboxylic acids is 1. The predicted molar refractivity (Wildman–Crippen MR) is 138 cm³/mol. The molecule has 0 radical (unpaired) electrons. The average Bonchev–Trinajstić information content (AvgIpc) is 2.80. The molecule has 0 bridgehead atoms. The fraction of sp³-hybridized carbons (Fsp3) is 0.208. The number of hydrogen-bond donors (Lipinski definition) is 1. The van der Waals surface area contributed by atoms with Crippen molar-refractivity contribution in [2.24, 2.45) is 0 Å². The lowest BCUT2D eigenvalue weighted by atomic mass is 10.1. The first-order valence-corrected chi connectivity index (χ1v) is 14.0. The SMILES string of the molecule is CSc1ccc([C@H](C)NC(=O)CN(Cc2ccc(Br)cc2)S(=O)(=O)c2ccc(Cl)cc2)cc1. The predicted octanol–water partition coefficient (Wildman–Crippen LogP) is 5.89. The molecule has 0 unspecified atom stereocenters. The minimum absolute atomic E-state index is 0.0580. The van der Waals surface area contributed by atoms with Gasteiger partial charge in [-0.05, 0) is 72.8 Å². The first-order valence-electron chi connectivity index (χ1n) is 10.1. The molecule has 9 heteroatoms. The molecule has 0 saturated heterocycles. The Hall–Kier alpha value is -1.84. The van der Waals surface area contributed by atoms with Crippen LogP contribution in [-0.2, 0) is 21.4 Å². The quantitative estimate of drug-likeness (QED) is 0.327. The Morgan fingerprint density at radius 2 is 1.64 bits per heavy atom. The van der Waals surface area contributed by atoms with Gasteiger partial charge in [0.1, 0.15) is 0 Å². The Labute approximate surface area is 212 Å². The minimum Gasteiger partial charge on any atom is -0.348 e. The van der Waals surface area contributed by atoms with Crippen LogP contribution in [0.25, 0.3) is 0 Å². The molecule has 1 atom stereocenters. The van der Waals surface area contributed by atoms with Crippen molar-refractivity contribution in [3.05, 3.63) is 93.4 Å². The molecule has 3 aromatic carbocycles. The Bertz CT molecular complexity index is 1190. The van der Waals surface area contributed by atoms with E-state index in [9.17, 15) is 13.2 Å². The number of amides is 1. The highest BCUT2D eigenvalue weighted by Gasteiger charge is 2.27. The van der Waals surface area contributed by atoms with E-state index in [0.717, 1.165) is 20.5 Å². The molecule has 0 heterocycles. The van der Waals surface area contributed by atoms with Crippen LogP contribution in [0.2, 0.25) is 5.02 Å². The lowest BCUT2D eigenvalue weighted by Gasteiger charge is -2.23. The summed E-state index contributed by atoms with van der Waals surface area (Å²) < 4.78 is 28.8. The van der Waals surface area contributed by atoms with Gasteiger partial charge in [0.05, 0.1) is 17.5 Å². The summed E-state index contributed by atoms with van der Waals surface area (Å²) in [7, 11) is -3.93. The zero-order chi connectivity index (χ0) is 24.0. The Kier molecular flexibility index (Phi) is 9.01. The molecule has 174 valence electrons. The fourth-order valence-electron chi connectivity index (χ4n) is 3.20. The summed E-state index contributed by atoms with van der Waals surface area (Å²) in [5.41, 5.74) is 1.71. The Morgan fingerprint density at radius 1 is 1.03 bits per heavy atom. The first kappa shape index (κ1) is 25.8. The summed E-state index contributed by atoms with van der Waals surface area (Å²) in [6.07, 6.45) is 2.00. The molecule has 0 aliphatic heterocycles. The summed E-state index contributed by atoms with van der Waals surface area (Å²) in [6, 6.07) is 20.9. The van der Waals surface area contributed by atoms with Gasteiger partial charge in [-0.3, -0.25) is 4.79 Å². The van der Waals surface area contributed by atoms with Gasteiger partial charge < -0.3 is 5.32 Å². The summed E-state index contributed by atoms with van der Waals surface area (Å²) in [6.45, 7) is 1.62. The van der Waals surface area contributed by atoms with Crippen molar-refractivity contribution in [3.63, 3.8) is 0 Å². The number of halogens is 2. The van der Waals surface area contributed by atoms with Gasteiger partial charge in [0.2, 0.25) is 15.9 Å². The van der Waals surface area contributed by atoms with E-state index in [-0.39, 0.29) is 29.9 Å². The van der Waals surface area contributed by atoms with Crippen LogP contribution in [0, 0.1) is 0 Å². The van der Waals surface area contributed by atoms with Crippen LogP contribution in [0.15, 0.2) is 87.1 Å². The second-order valence-electron chi connectivity index (χ2n) is 7.42. The standard InChI is InChI=1S/C24H24BrClN2O3S2/c1-17(19-5-11-22(32-2)12-6-19)27-24(29)16-28(15-18-3-7-20(25)8-4-18)33(30,31)23-13-9-21(26)10-14-23/h3-14,17H,15-16H2,1-2H3,(H,27,29)/t17-/m0/s1. The average molecular weight is 568 g/mol. The molecular formula is C24H24BrClN2O3S2. The van der Waals surface area contributed by atoms with Gasteiger partial charge in [0.25, 0.3) is 0 Å². The Morgan fingerprint density at radius 3 is 2.21 bits per heavy atom. The normalized spacial score (nSPS) is 12.5. The van der Waals surface area contributed by atoms with E-state index >= 15 is 0 Å². The van der Waals surface area contributed by atoms with Gasteiger partial charge in [-0.25, -0.2) is 8.42 Å².